The molecule has 0 fully saturated rings. The molecule has 0 unspecified atom stereocenters. The summed E-state index contributed by atoms with van der Waals surface area (Å²) in [4.78, 5) is 23.3. The molecule has 0 aliphatic carbocycles. The number of para-hydroxylation sites is 1. The molecule has 0 spiro atoms. The van der Waals surface area contributed by atoms with E-state index in [2.05, 4.69) is 32.3 Å². The van der Waals surface area contributed by atoms with Gasteiger partial charge in [-0.25, -0.2) is 9.97 Å². The number of hydrogen-bond acceptors (Lipinski definition) is 8. The van der Waals surface area contributed by atoms with Crippen molar-refractivity contribution in [3.8, 4) is 29.0 Å². The van der Waals surface area contributed by atoms with Crippen molar-refractivity contribution >= 4 is 22.4 Å². The van der Waals surface area contributed by atoms with Gasteiger partial charge in [0, 0.05) is 24.4 Å². The zero-order valence-electron chi connectivity index (χ0n) is 20.0. The van der Waals surface area contributed by atoms with Gasteiger partial charge in [-0.05, 0) is 44.2 Å². The standard InChI is InChI=1S/C27H23N7O2/c1-4-9-18-10-8-13-21-22(18)27(35)34(19-11-6-5-7-12-19)25(31-21)16(2)30-24-23(20(28)14-15-29-24)26-33-32-17(3)36-26/h5-8,10-16H,1-3H3,(H3,28,29,30)/t16-/m0/s1. The molecule has 5 rings (SSSR count). The van der Waals surface area contributed by atoms with Crippen LogP contribution in [0.3, 0.4) is 0 Å². The van der Waals surface area contributed by atoms with Gasteiger partial charge in [0.05, 0.1) is 22.6 Å². The summed E-state index contributed by atoms with van der Waals surface area (Å²) in [5.41, 5.74) is 8.84. The van der Waals surface area contributed by atoms with Crippen LogP contribution < -0.4 is 16.6 Å². The van der Waals surface area contributed by atoms with E-state index in [0.29, 0.717) is 50.9 Å². The van der Waals surface area contributed by atoms with Crippen molar-refractivity contribution in [1.29, 1.82) is 0 Å². The topological polar surface area (TPSA) is 125 Å². The second-order valence-electron chi connectivity index (χ2n) is 8.14. The van der Waals surface area contributed by atoms with E-state index in [-0.39, 0.29) is 11.4 Å². The lowest BCUT2D eigenvalue weighted by Crippen LogP contribution is -2.28. The Balaban J connectivity index is 1.70. The Morgan fingerprint density at radius 3 is 2.61 bits per heavy atom. The minimum Gasteiger partial charge on any atom is -0.421 e. The maximum atomic E-state index is 13.9. The first-order valence-corrected chi connectivity index (χ1v) is 11.3. The molecule has 3 heterocycles. The minimum absolute atomic E-state index is 0.207. The second-order valence-corrected chi connectivity index (χ2v) is 8.14. The highest BCUT2D eigenvalue weighted by atomic mass is 16.4. The highest BCUT2D eigenvalue weighted by Gasteiger charge is 2.23. The van der Waals surface area contributed by atoms with Gasteiger partial charge in [0.15, 0.2) is 0 Å². The van der Waals surface area contributed by atoms with Crippen molar-refractivity contribution in [2.75, 3.05) is 11.1 Å². The molecular weight excluding hydrogens is 454 g/mol. The lowest BCUT2D eigenvalue weighted by Gasteiger charge is -2.21. The van der Waals surface area contributed by atoms with Crippen molar-refractivity contribution in [2.45, 2.75) is 26.8 Å². The summed E-state index contributed by atoms with van der Waals surface area (Å²) in [7, 11) is 0. The summed E-state index contributed by atoms with van der Waals surface area (Å²) in [5.74, 6) is 7.50. The third-order valence-corrected chi connectivity index (χ3v) is 5.66. The summed E-state index contributed by atoms with van der Waals surface area (Å²) in [6.45, 7) is 5.34. The fraction of sp³-hybridized carbons (Fsp3) is 0.148. The number of anilines is 2. The molecule has 9 nitrogen and oxygen atoms in total. The maximum Gasteiger partial charge on any atom is 0.267 e. The van der Waals surface area contributed by atoms with E-state index in [1.807, 2.05) is 55.5 Å². The lowest BCUT2D eigenvalue weighted by atomic mass is 10.1. The largest absolute Gasteiger partial charge is 0.421 e. The summed E-state index contributed by atoms with van der Waals surface area (Å²) in [6, 6.07) is 16.1. The second kappa shape index (κ2) is 9.35. The number of aryl methyl sites for hydroxylation is 1. The van der Waals surface area contributed by atoms with Gasteiger partial charge in [0.1, 0.15) is 17.2 Å². The first-order chi connectivity index (χ1) is 17.5. The van der Waals surface area contributed by atoms with Gasteiger partial charge >= 0.3 is 0 Å². The van der Waals surface area contributed by atoms with Crippen molar-refractivity contribution in [3.63, 3.8) is 0 Å². The third kappa shape index (κ3) is 4.05. The number of fused-ring (bicyclic) bond motifs is 1. The number of nitrogens with two attached hydrogens (primary N) is 1. The Hall–Kier alpha value is -4.97. The Bertz CT molecular complexity index is 1690. The predicted octanol–water partition coefficient (Wildman–Crippen LogP) is 4.27. The van der Waals surface area contributed by atoms with Crippen LogP contribution in [0.15, 0.2) is 70.0 Å². The minimum atomic E-state index is -0.458. The lowest BCUT2D eigenvalue weighted by molar-refractivity contribution is 0.533. The molecule has 0 bridgehead atoms. The van der Waals surface area contributed by atoms with E-state index in [1.54, 1.807) is 30.7 Å². The van der Waals surface area contributed by atoms with Crippen molar-refractivity contribution in [2.24, 2.45) is 0 Å². The van der Waals surface area contributed by atoms with Crippen LogP contribution in [0, 0.1) is 18.8 Å². The highest BCUT2D eigenvalue weighted by Crippen LogP contribution is 2.33. The van der Waals surface area contributed by atoms with Gasteiger partial charge in [-0.2, -0.15) is 0 Å². The fourth-order valence-corrected chi connectivity index (χ4v) is 4.08. The van der Waals surface area contributed by atoms with Crippen LogP contribution >= 0.6 is 0 Å². The molecule has 3 N–H and O–H groups in total. The van der Waals surface area contributed by atoms with E-state index >= 15 is 0 Å². The SMILES string of the molecule is CC#Cc1cccc2nc([C@H](C)Nc3nccc(N)c3-c3nnc(C)o3)n(-c3ccccc3)c(=O)c12. The first-order valence-electron chi connectivity index (χ1n) is 11.3. The summed E-state index contributed by atoms with van der Waals surface area (Å²) in [6.07, 6.45) is 1.59. The van der Waals surface area contributed by atoms with Crippen LogP contribution in [0.5, 0.6) is 0 Å². The zero-order chi connectivity index (χ0) is 25.2. The molecule has 1 atom stereocenters. The van der Waals surface area contributed by atoms with Gasteiger partial charge in [-0.1, -0.05) is 30.2 Å². The molecule has 36 heavy (non-hydrogen) atoms. The average Bonchev–Trinajstić information content (AvgIpc) is 3.30. The number of rotatable bonds is 5. The van der Waals surface area contributed by atoms with Crippen LogP contribution in [0.25, 0.3) is 28.0 Å². The van der Waals surface area contributed by atoms with Crippen LogP contribution in [-0.4, -0.2) is 24.7 Å². The van der Waals surface area contributed by atoms with Gasteiger partial charge in [-0.15, -0.1) is 16.1 Å². The van der Waals surface area contributed by atoms with Crippen LogP contribution in [0.2, 0.25) is 0 Å². The van der Waals surface area contributed by atoms with Crippen molar-refractivity contribution < 1.29 is 4.42 Å². The molecule has 0 aliphatic heterocycles. The highest BCUT2D eigenvalue weighted by molar-refractivity contribution is 5.85. The van der Waals surface area contributed by atoms with E-state index in [9.17, 15) is 4.79 Å². The molecule has 0 saturated carbocycles. The quantitative estimate of drug-likeness (QED) is 0.360. The first kappa shape index (κ1) is 22.8. The van der Waals surface area contributed by atoms with E-state index < -0.39 is 6.04 Å². The zero-order valence-corrected chi connectivity index (χ0v) is 20.0. The van der Waals surface area contributed by atoms with Crippen molar-refractivity contribution in [1.82, 2.24) is 24.7 Å². The summed E-state index contributed by atoms with van der Waals surface area (Å²) < 4.78 is 7.22. The van der Waals surface area contributed by atoms with Gasteiger partial charge in [0.25, 0.3) is 11.4 Å². The predicted molar refractivity (Wildman–Crippen MR) is 139 cm³/mol. The average molecular weight is 478 g/mol. The van der Waals surface area contributed by atoms with Gasteiger partial charge in [-0.3, -0.25) is 9.36 Å². The molecule has 0 saturated heterocycles. The Labute approximate surface area is 207 Å². The van der Waals surface area contributed by atoms with Crippen molar-refractivity contribution in [3.05, 3.63) is 88.4 Å². The summed E-state index contributed by atoms with van der Waals surface area (Å²) >= 11 is 0. The molecule has 5 aromatic rings. The fourth-order valence-electron chi connectivity index (χ4n) is 4.08. The summed E-state index contributed by atoms with van der Waals surface area (Å²) in [5, 5.41) is 11.8. The number of nitrogens with zero attached hydrogens (tertiary/aromatic N) is 5. The van der Waals surface area contributed by atoms with E-state index in [1.165, 1.54) is 0 Å². The molecule has 3 aromatic heterocycles. The number of benzene rings is 2. The molecule has 0 radical (unpaired) electrons. The smallest absolute Gasteiger partial charge is 0.267 e. The van der Waals surface area contributed by atoms with Crippen LogP contribution in [-0.2, 0) is 0 Å². The molecule has 0 amide bonds. The maximum absolute atomic E-state index is 13.9. The molecule has 9 heteroatoms. The third-order valence-electron chi connectivity index (χ3n) is 5.66. The monoisotopic (exact) mass is 477 g/mol. The number of hydrogen-bond donors (Lipinski definition) is 2. The van der Waals surface area contributed by atoms with Crippen LogP contribution in [0.1, 0.15) is 37.2 Å². The van der Waals surface area contributed by atoms with E-state index in [4.69, 9.17) is 15.1 Å². The van der Waals surface area contributed by atoms with Crippen LogP contribution in [0.4, 0.5) is 11.5 Å². The normalized spacial score (nSPS) is 11.6. The molecule has 2 aromatic carbocycles. The Morgan fingerprint density at radius 1 is 1.08 bits per heavy atom. The number of nitrogens with one attached hydrogen (secondary N) is 1. The van der Waals surface area contributed by atoms with Gasteiger partial charge < -0.3 is 15.5 Å². The molecule has 178 valence electrons. The Morgan fingerprint density at radius 2 is 1.89 bits per heavy atom. The number of nitrogen functional groups attached to an aromatic ring is 1. The number of aromatic nitrogens is 5. The molecule has 0 aliphatic rings. The van der Waals surface area contributed by atoms with E-state index in [0.717, 1.165) is 0 Å². The number of pyridine rings is 1. The van der Waals surface area contributed by atoms with Gasteiger partial charge in [0.2, 0.25) is 5.89 Å². The molecular formula is C27H23N7O2. The Kier molecular flexibility index (Phi) is 5.92.